The Morgan fingerprint density at radius 2 is 1.05 bits per heavy atom. The third kappa shape index (κ3) is 1.37. The second-order valence-electron chi connectivity index (χ2n) is 5.26. The van der Waals surface area contributed by atoms with Crippen LogP contribution in [-0.4, -0.2) is 11.6 Å². The van der Waals surface area contributed by atoms with E-state index in [1.54, 1.807) is 12.1 Å². The Morgan fingerprint density at radius 3 is 1.58 bits per heavy atom. The van der Waals surface area contributed by atoms with Gasteiger partial charge in [-0.1, -0.05) is 54.6 Å². The Morgan fingerprint density at radius 1 is 0.579 bits per heavy atom. The normalized spacial score (nSPS) is 27.7. The van der Waals surface area contributed by atoms with E-state index in [1.165, 1.54) is 0 Å². The van der Waals surface area contributed by atoms with Crippen LogP contribution in [0.5, 0.6) is 0 Å². The molecule has 0 saturated heterocycles. The molecular weight excluding hydrogens is 236 g/mol. The van der Waals surface area contributed by atoms with Crippen molar-refractivity contribution in [1.29, 1.82) is 0 Å². The lowest BCUT2D eigenvalue weighted by atomic mass is 9.90. The fourth-order valence-electron chi connectivity index (χ4n) is 3.33. The summed E-state index contributed by atoms with van der Waals surface area (Å²) >= 11 is 0. The molecule has 4 rings (SSSR count). The van der Waals surface area contributed by atoms with Crippen molar-refractivity contribution in [2.75, 3.05) is 0 Å². The third-order valence-electron chi connectivity index (χ3n) is 4.27. The molecule has 2 aromatic carbocycles. The first-order valence-electron chi connectivity index (χ1n) is 6.51. The van der Waals surface area contributed by atoms with Gasteiger partial charge < -0.3 is 0 Å². The topological polar surface area (TPSA) is 34.1 Å². The number of carbonyl (C=O) groups is 2. The predicted molar refractivity (Wildman–Crippen MR) is 71.3 cm³/mol. The summed E-state index contributed by atoms with van der Waals surface area (Å²) in [5, 5.41) is 0. The van der Waals surface area contributed by atoms with E-state index in [-0.39, 0.29) is 29.3 Å². The molecule has 1 unspecified atom stereocenters. The molecule has 1 saturated carbocycles. The largest absolute Gasteiger partial charge is 0.294 e. The van der Waals surface area contributed by atoms with Crippen LogP contribution in [0.15, 0.2) is 54.6 Å². The van der Waals surface area contributed by atoms with Crippen LogP contribution in [0.3, 0.4) is 0 Å². The quantitative estimate of drug-likeness (QED) is 0.777. The number of benzene rings is 2. The van der Waals surface area contributed by atoms with Gasteiger partial charge in [0.15, 0.2) is 11.6 Å². The second kappa shape index (κ2) is 3.64. The van der Waals surface area contributed by atoms with E-state index in [9.17, 15) is 9.59 Å². The molecular formula is C17H12O2. The minimum absolute atomic E-state index is 0.0774. The zero-order valence-electron chi connectivity index (χ0n) is 10.2. The predicted octanol–water partition coefficient (Wildman–Crippen LogP) is 3.10. The summed E-state index contributed by atoms with van der Waals surface area (Å²) < 4.78 is 0. The van der Waals surface area contributed by atoms with E-state index in [0.717, 1.165) is 5.56 Å². The molecule has 0 amide bonds. The number of rotatable bonds is 1. The molecule has 0 aliphatic heterocycles. The lowest BCUT2D eigenvalue weighted by Crippen LogP contribution is -2.19. The summed E-state index contributed by atoms with van der Waals surface area (Å²) in [6.07, 6.45) is 0. The van der Waals surface area contributed by atoms with Gasteiger partial charge in [0.2, 0.25) is 0 Å². The number of carbonyl (C=O) groups excluding carboxylic acids is 2. The average molecular weight is 248 g/mol. The summed E-state index contributed by atoms with van der Waals surface area (Å²) in [7, 11) is 0. The molecule has 19 heavy (non-hydrogen) atoms. The van der Waals surface area contributed by atoms with Crippen LogP contribution in [0.25, 0.3) is 0 Å². The molecule has 2 aromatic rings. The lowest BCUT2D eigenvalue weighted by Gasteiger charge is -2.11. The molecule has 2 aliphatic carbocycles. The van der Waals surface area contributed by atoms with Crippen LogP contribution in [0.1, 0.15) is 32.2 Å². The van der Waals surface area contributed by atoms with Crippen LogP contribution < -0.4 is 0 Å². The molecule has 0 N–H and O–H groups in total. The maximum Gasteiger partial charge on any atom is 0.168 e. The van der Waals surface area contributed by atoms with Crippen molar-refractivity contribution in [2.45, 2.75) is 5.92 Å². The molecule has 1 fully saturated rings. The van der Waals surface area contributed by atoms with Gasteiger partial charge in [-0.2, -0.15) is 0 Å². The summed E-state index contributed by atoms with van der Waals surface area (Å²) in [6.45, 7) is 0. The number of ketones is 2. The number of Topliss-reactive ketones (excluding diaryl/α,β-unsaturated/α-hetero) is 2. The van der Waals surface area contributed by atoms with Gasteiger partial charge in [-0.25, -0.2) is 0 Å². The number of hydrogen-bond donors (Lipinski definition) is 0. The van der Waals surface area contributed by atoms with Crippen LogP contribution >= 0.6 is 0 Å². The van der Waals surface area contributed by atoms with Gasteiger partial charge in [0, 0.05) is 28.9 Å². The molecule has 0 bridgehead atoms. The Hall–Kier alpha value is -2.22. The van der Waals surface area contributed by atoms with Gasteiger partial charge in [-0.3, -0.25) is 9.59 Å². The monoisotopic (exact) mass is 248 g/mol. The van der Waals surface area contributed by atoms with Crippen molar-refractivity contribution in [1.82, 2.24) is 0 Å². The molecule has 0 spiro atoms. The van der Waals surface area contributed by atoms with E-state index in [2.05, 4.69) is 0 Å². The van der Waals surface area contributed by atoms with Gasteiger partial charge in [0.25, 0.3) is 0 Å². The zero-order chi connectivity index (χ0) is 13.0. The van der Waals surface area contributed by atoms with Crippen LogP contribution in [0.4, 0.5) is 0 Å². The summed E-state index contributed by atoms with van der Waals surface area (Å²) in [5.41, 5.74) is 2.31. The number of hydrogen-bond acceptors (Lipinski definition) is 2. The summed E-state index contributed by atoms with van der Waals surface area (Å²) in [5.74, 6) is 0.0753. The molecule has 92 valence electrons. The Bertz CT molecular complexity index is 646. The first-order valence-corrected chi connectivity index (χ1v) is 6.51. The Balaban J connectivity index is 1.79. The molecule has 3 atom stereocenters. The zero-order valence-corrected chi connectivity index (χ0v) is 10.2. The smallest absolute Gasteiger partial charge is 0.168 e. The van der Waals surface area contributed by atoms with Crippen molar-refractivity contribution in [3.63, 3.8) is 0 Å². The van der Waals surface area contributed by atoms with E-state index in [0.29, 0.717) is 11.1 Å². The highest BCUT2D eigenvalue weighted by Gasteiger charge is 2.62. The number of fused-ring (bicyclic) bond motifs is 2. The molecule has 0 radical (unpaired) electrons. The van der Waals surface area contributed by atoms with E-state index >= 15 is 0 Å². The molecule has 0 aromatic heterocycles. The van der Waals surface area contributed by atoms with Crippen molar-refractivity contribution in [3.8, 4) is 0 Å². The van der Waals surface area contributed by atoms with Crippen LogP contribution in [0.2, 0.25) is 0 Å². The Labute approximate surface area is 111 Å². The fraction of sp³-hybridized carbons (Fsp3) is 0.176. The second-order valence-corrected chi connectivity index (χ2v) is 5.26. The van der Waals surface area contributed by atoms with E-state index < -0.39 is 0 Å². The average Bonchev–Trinajstić information content (AvgIpc) is 3.22. The van der Waals surface area contributed by atoms with Crippen molar-refractivity contribution >= 4 is 11.6 Å². The van der Waals surface area contributed by atoms with Crippen LogP contribution in [-0.2, 0) is 0 Å². The lowest BCUT2D eigenvalue weighted by molar-refractivity contribution is 0.0878. The standard InChI is InChI=1S/C17H12O2/c18-16-11-8-4-5-9-12(11)17(19)15-13(14(15)16)10-6-2-1-3-7-10/h1-9,13-15H/t13?,14-,15+. The minimum Gasteiger partial charge on any atom is -0.294 e. The summed E-state index contributed by atoms with van der Waals surface area (Å²) in [6, 6.07) is 17.1. The van der Waals surface area contributed by atoms with Gasteiger partial charge >= 0.3 is 0 Å². The Kier molecular flexibility index (Phi) is 2.05. The highest BCUT2D eigenvalue weighted by atomic mass is 16.1. The fourth-order valence-corrected chi connectivity index (χ4v) is 3.33. The maximum absolute atomic E-state index is 12.4. The molecule has 2 nitrogen and oxygen atoms in total. The first-order chi connectivity index (χ1) is 9.29. The minimum atomic E-state index is -0.134. The maximum atomic E-state index is 12.4. The molecule has 2 heteroatoms. The third-order valence-corrected chi connectivity index (χ3v) is 4.27. The van der Waals surface area contributed by atoms with Gasteiger partial charge in [-0.15, -0.1) is 0 Å². The SMILES string of the molecule is O=C1c2ccccc2C(=O)[C@H]2C(c3ccccc3)[C@@H]12. The van der Waals surface area contributed by atoms with E-state index in [1.807, 2.05) is 42.5 Å². The first kappa shape index (κ1) is 10.7. The molecule has 2 aliphatic rings. The highest BCUT2D eigenvalue weighted by Crippen LogP contribution is 2.59. The van der Waals surface area contributed by atoms with Crippen molar-refractivity contribution in [2.24, 2.45) is 11.8 Å². The summed E-state index contributed by atoms with van der Waals surface area (Å²) in [4.78, 5) is 24.9. The van der Waals surface area contributed by atoms with E-state index in [4.69, 9.17) is 0 Å². The van der Waals surface area contributed by atoms with Crippen molar-refractivity contribution in [3.05, 3.63) is 71.3 Å². The molecule has 0 heterocycles. The van der Waals surface area contributed by atoms with Gasteiger partial charge in [0.05, 0.1) is 0 Å². The highest BCUT2D eigenvalue weighted by molar-refractivity contribution is 6.19. The van der Waals surface area contributed by atoms with Crippen LogP contribution in [0, 0.1) is 11.8 Å². The van der Waals surface area contributed by atoms with Gasteiger partial charge in [-0.05, 0) is 5.56 Å². The van der Waals surface area contributed by atoms with Crippen molar-refractivity contribution < 1.29 is 9.59 Å². The van der Waals surface area contributed by atoms with Gasteiger partial charge in [0.1, 0.15) is 0 Å².